The van der Waals surface area contributed by atoms with Crippen molar-refractivity contribution in [2.75, 3.05) is 5.33 Å². The Morgan fingerprint density at radius 1 is 1.80 bits per heavy atom. The first-order chi connectivity index (χ1) is 4.84. The Labute approximate surface area is 73.7 Å². The van der Waals surface area contributed by atoms with Crippen LogP contribution in [-0.2, 0) is 0 Å². The summed E-state index contributed by atoms with van der Waals surface area (Å²) in [6.45, 7) is 2.13. The monoisotopic (exact) mass is 216 g/mol. The zero-order chi connectivity index (χ0) is 7.40. The van der Waals surface area contributed by atoms with E-state index in [0.717, 1.165) is 5.33 Å². The van der Waals surface area contributed by atoms with E-state index in [-0.39, 0.29) is 0 Å². The molecule has 54 valence electrons. The number of halogens is 1. The number of rotatable bonds is 2. The molecule has 0 fully saturated rings. The van der Waals surface area contributed by atoms with Crippen LogP contribution in [0.4, 0.5) is 0 Å². The molecule has 0 bridgehead atoms. The molecule has 1 rings (SSSR count). The van der Waals surface area contributed by atoms with Crippen molar-refractivity contribution in [1.82, 2.24) is 0 Å². The molecule has 0 saturated carbocycles. The standard InChI is InChI=1S/C8H9BrS/c1-7(2-4-9)8-3-5-10-6-8/h2-3,5-6H,4H2,1H3. The number of alkyl halides is 1. The Balaban J connectivity index is 2.77. The lowest BCUT2D eigenvalue weighted by Gasteiger charge is -1.92. The minimum absolute atomic E-state index is 0.939. The molecule has 0 amide bonds. The molecular weight excluding hydrogens is 208 g/mol. The maximum absolute atomic E-state index is 3.36. The Morgan fingerprint density at radius 3 is 3.10 bits per heavy atom. The topological polar surface area (TPSA) is 0 Å². The van der Waals surface area contributed by atoms with Gasteiger partial charge in [0, 0.05) is 5.33 Å². The molecule has 1 aromatic heterocycles. The van der Waals surface area contributed by atoms with Crippen LogP contribution >= 0.6 is 27.3 Å². The minimum atomic E-state index is 0.939. The van der Waals surface area contributed by atoms with Gasteiger partial charge in [-0.3, -0.25) is 0 Å². The van der Waals surface area contributed by atoms with Crippen LogP contribution < -0.4 is 0 Å². The first-order valence-electron chi connectivity index (χ1n) is 3.10. The summed E-state index contributed by atoms with van der Waals surface area (Å²) < 4.78 is 0. The van der Waals surface area contributed by atoms with Crippen LogP contribution in [0.15, 0.2) is 22.9 Å². The molecule has 2 heteroatoms. The maximum atomic E-state index is 3.36. The highest BCUT2D eigenvalue weighted by atomic mass is 79.9. The molecule has 1 heterocycles. The number of hydrogen-bond donors (Lipinski definition) is 0. The van der Waals surface area contributed by atoms with Crippen LogP contribution in [0.5, 0.6) is 0 Å². The van der Waals surface area contributed by atoms with E-state index in [9.17, 15) is 0 Å². The quantitative estimate of drug-likeness (QED) is 0.664. The summed E-state index contributed by atoms with van der Waals surface area (Å²) in [7, 11) is 0. The highest BCUT2D eigenvalue weighted by molar-refractivity contribution is 9.09. The van der Waals surface area contributed by atoms with Crippen molar-refractivity contribution < 1.29 is 0 Å². The number of allylic oxidation sites excluding steroid dienone is 2. The summed E-state index contributed by atoms with van der Waals surface area (Å²) in [5.74, 6) is 0. The fourth-order valence-electron chi connectivity index (χ4n) is 0.722. The molecule has 0 aliphatic carbocycles. The molecule has 0 N–H and O–H groups in total. The van der Waals surface area contributed by atoms with Gasteiger partial charge in [-0.05, 0) is 34.9 Å². The number of thiophene rings is 1. The predicted molar refractivity (Wildman–Crippen MR) is 51.8 cm³/mol. The summed E-state index contributed by atoms with van der Waals surface area (Å²) >= 11 is 5.10. The van der Waals surface area contributed by atoms with E-state index < -0.39 is 0 Å². The Bertz CT molecular complexity index is 211. The van der Waals surface area contributed by atoms with E-state index in [0.29, 0.717) is 0 Å². The largest absolute Gasteiger partial charge is 0.152 e. The van der Waals surface area contributed by atoms with Gasteiger partial charge < -0.3 is 0 Å². The lowest BCUT2D eigenvalue weighted by atomic mass is 10.2. The molecule has 0 radical (unpaired) electrons. The van der Waals surface area contributed by atoms with Crippen molar-refractivity contribution >= 4 is 32.8 Å². The fourth-order valence-corrected chi connectivity index (χ4v) is 1.92. The summed E-state index contributed by atoms with van der Waals surface area (Å²) in [6.07, 6.45) is 2.17. The van der Waals surface area contributed by atoms with Crippen molar-refractivity contribution in [2.45, 2.75) is 6.92 Å². The third-order valence-corrected chi connectivity index (χ3v) is 2.37. The molecule has 0 nitrogen and oxygen atoms in total. The average molecular weight is 217 g/mol. The molecule has 10 heavy (non-hydrogen) atoms. The van der Waals surface area contributed by atoms with Gasteiger partial charge in [-0.1, -0.05) is 22.0 Å². The zero-order valence-corrected chi connectivity index (χ0v) is 8.21. The van der Waals surface area contributed by atoms with E-state index in [1.54, 1.807) is 11.3 Å². The fraction of sp³-hybridized carbons (Fsp3) is 0.250. The highest BCUT2D eigenvalue weighted by Crippen LogP contribution is 2.16. The minimum Gasteiger partial charge on any atom is -0.152 e. The van der Waals surface area contributed by atoms with Gasteiger partial charge in [0.05, 0.1) is 0 Å². The average Bonchev–Trinajstić information content (AvgIpc) is 2.38. The second-order valence-corrected chi connectivity index (χ2v) is 3.48. The Morgan fingerprint density at radius 2 is 2.60 bits per heavy atom. The normalized spacial score (nSPS) is 12.0. The highest BCUT2D eigenvalue weighted by Gasteiger charge is 1.92. The summed E-state index contributed by atoms with van der Waals surface area (Å²) in [6, 6.07) is 2.14. The van der Waals surface area contributed by atoms with Crippen molar-refractivity contribution in [1.29, 1.82) is 0 Å². The van der Waals surface area contributed by atoms with Crippen molar-refractivity contribution in [3.8, 4) is 0 Å². The molecule has 0 aromatic carbocycles. The molecule has 0 spiro atoms. The number of hydrogen-bond acceptors (Lipinski definition) is 1. The van der Waals surface area contributed by atoms with Crippen LogP contribution in [0, 0.1) is 0 Å². The van der Waals surface area contributed by atoms with Gasteiger partial charge in [-0.15, -0.1) is 0 Å². The van der Waals surface area contributed by atoms with Gasteiger partial charge in [-0.25, -0.2) is 0 Å². The van der Waals surface area contributed by atoms with E-state index >= 15 is 0 Å². The molecule has 1 aromatic rings. The van der Waals surface area contributed by atoms with Crippen molar-refractivity contribution in [2.24, 2.45) is 0 Å². The van der Waals surface area contributed by atoms with Gasteiger partial charge in [0.2, 0.25) is 0 Å². The van der Waals surface area contributed by atoms with Gasteiger partial charge in [0.1, 0.15) is 0 Å². The molecule has 0 aliphatic heterocycles. The van der Waals surface area contributed by atoms with Gasteiger partial charge in [0.25, 0.3) is 0 Å². The van der Waals surface area contributed by atoms with Crippen LogP contribution in [0.2, 0.25) is 0 Å². The molecule has 0 unspecified atom stereocenters. The molecule has 0 saturated heterocycles. The molecule has 0 aliphatic rings. The maximum Gasteiger partial charge on any atom is 0.0217 e. The lowest BCUT2D eigenvalue weighted by molar-refractivity contribution is 1.62. The molecule has 0 atom stereocenters. The lowest BCUT2D eigenvalue weighted by Crippen LogP contribution is -1.72. The Hall–Kier alpha value is -0.0800. The van der Waals surface area contributed by atoms with Crippen molar-refractivity contribution in [3.63, 3.8) is 0 Å². The first kappa shape index (κ1) is 8.02. The van der Waals surface area contributed by atoms with E-state index in [4.69, 9.17) is 0 Å². The van der Waals surface area contributed by atoms with E-state index in [1.807, 2.05) is 0 Å². The second kappa shape index (κ2) is 3.94. The summed E-state index contributed by atoms with van der Waals surface area (Å²) in [4.78, 5) is 0. The predicted octanol–water partition coefficient (Wildman–Crippen LogP) is 3.55. The third kappa shape index (κ3) is 1.96. The summed E-state index contributed by atoms with van der Waals surface area (Å²) in [5.41, 5.74) is 2.68. The third-order valence-electron chi connectivity index (χ3n) is 1.36. The molecular formula is C8H9BrS. The van der Waals surface area contributed by atoms with Crippen molar-refractivity contribution in [3.05, 3.63) is 28.5 Å². The van der Waals surface area contributed by atoms with Gasteiger partial charge in [-0.2, -0.15) is 11.3 Å². The van der Waals surface area contributed by atoms with Crippen LogP contribution in [0.25, 0.3) is 5.57 Å². The first-order valence-corrected chi connectivity index (χ1v) is 5.16. The second-order valence-electron chi connectivity index (χ2n) is 2.05. The van der Waals surface area contributed by atoms with E-state index in [1.165, 1.54) is 11.1 Å². The van der Waals surface area contributed by atoms with Crippen LogP contribution in [-0.4, -0.2) is 5.33 Å². The van der Waals surface area contributed by atoms with E-state index in [2.05, 4.69) is 45.8 Å². The van der Waals surface area contributed by atoms with Crippen LogP contribution in [0.1, 0.15) is 12.5 Å². The zero-order valence-electron chi connectivity index (χ0n) is 5.80. The van der Waals surface area contributed by atoms with Gasteiger partial charge >= 0.3 is 0 Å². The van der Waals surface area contributed by atoms with Crippen LogP contribution in [0.3, 0.4) is 0 Å². The summed E-state index contributed by atoms with van der Waals surface area (Å²) in [5, 5.41) is 5.20. The van der Waals surface area contributed by atoms with Gasteiger partial charge in [0.15, 0.2) is 0 Å². The smallest absolute Gasteiger partial charge is 0.0217 e. The Kier molecular flexibility index (Phi) is 3.16. The SMILES string of the molecule is CC(=CCBr)c1ccsc1.